The number of alkyl carbamates (subject to hydrolysis) is 1. The smallest absolute Gasteiger partial charge is 0.407 e. The van der Waals surface area contributed by atoms with Crippen LogP contribution < -0.4 is 14.8 Å². The minimum Gasteiger partial charge on any atom is -0.493 e. The Kier molecular flexibility index (Phi) is 4.26. The zero-order valence-corrected chi connectivity index (χ0v) is 11.7. The van der Waals surface area contributed by atoms with Gasteiger partial charge in [-0.2, -0.15) is 0 Å². The van der Waals surface area contributed by atoms with E-state index in [4.69, 9.17) is 14.2 Å². The van der Waals surface area contributed by atoms with Gasteiger partial charge in [0.2, 0.25) is 0 Å². The number of nitrogens with one attached hydrogen (secondary N) is 1. The zero-order valence-electron chi connectivity index (χ0n) is 10.1. The lowest BCUT2D eigenvalue weighted by Crippen LogP contribution is -2.22. The SMILES string of the molecule is COc1cc(C=O)cc(Br)c1OCC1CNC(=O)O1. The van der Waals surface area contributed by atoms with E-state index in [2.05, 4.69) is 21.2 Å². The van der Waals surface area contributed by atoms with Crippen LogP contribution in [0.15, 0.2) is 16.6 Å². The standard InChI is InChI=1S/C12H12BrNO5/c1-17-10-3-7(5-15)2-9(13)11(10)18-6-8-4-14-12(16)19-8/h2-3,5,8H,4,6H2,1H3,(H,14,16). The van der Waals surface area contributed by atoms with Crippen molar-refractivity contribution in [3.63, 3.8) is 0 Å². The molecular weight excluding hydrogens is 318 g/mol. The number of rotatable bonds is 5. The predicted octanol–water partition coefficient (Wildman–Crippen LogP) is 1.76. The maximum atomic E-state index is 10.9. The van der Waals surface area contributed by atoms with E-state index in [0.717, 1.165) is 6.29 Å². The van der Waals surface area contributed by atoms with E-state index in [1.807, 2.05) is 0 Å². The van der Waals surface area contributed by atoms with Crippen molar-refractivity contribution in [2.75, 3.05) is 20.3 Å². The molecule has 1 heterocycles. The van der Waals surface area contributed by atoms with E-state index in [-0.39, 0.29) is 12.7 Å². The van der Waals surface area contributed by atoms with Crippen LogP contribution in [0.1, 0.15) is 10.4 Å². The van der Waals surface area contributed by atoms with E-state index in [0.29, 0.717) is 28.1 Å². The van der Waals surface area contributed by atoms with Gasteiger partial charge >= 0.3 is 6.09 Å². The van der Waals surface area contributed by atoms with Gasteiger partial charge in [0.1, 0.15) is 12.9 Å². The highest BCUT2D eigenvalue weighted by molar-refractivity contribution is 9.10. The molecule has 0 aromatic heterocycles. The minimum absolute atomic E-state index is 0.203. The molecule has 6 nitrogen and oxygen atoms in total. The van der Waals surface area contributed by atoms with Gasteiger partial charge in [0.05, 0.1) is 18.1 Å². The van der Waals surface area contributed by atoms with Gasteiger partial charge in [0.15, 0.2) is 17.6 Å². The predicted molar refractivity (Wildman–Crippen MR) is 69.8 cm³/mol. The molecule has 0 saturated carbocycles. The maximum absolute atomic E-state index is 10.9. The number of benzene rings is 1. The molecule has 2 rings (SSSR count). The first-order valence-electron chi connectivity index (χ1n) is 5.54. The summed E-state index contributed by atoms with van der Waals surface area (Å²) in [5.74, 6) is 0.907. The third-order valence-corrected chi connectivity index (χ3v) is 3.14. The van der Waals surface area contributed by atoms with Crippen LogP contribution in [0.2, 0.25) is 0 Å². The Balaban J connectivity index is 2.10. The zero-order chi connectivity index (χ0) is 13.8. The molecule has 1 atom stereocenters. The molecule has 1 amide bonds. The third kappa shape index (κ3) is 3.17. The monoisotopic (exact) mass is 329 g/mol. The molecule has 1 aromatic carbocycles. The minimum atomic E-state index is -0.448. The van der Waals surface area contributed by atoms with Crippen molar-refractivity contribution in [1.29, 1.82) is 0 Å². The molecule has 0 aliphatic carbocycles. The van der Waals surface area contributed by atoms with Crippen molar-refractivity contribution in [3.8, 4) is 11.5 Å². The molecule has 0 spiro atoms. The Morgan fingerprint density at radius 2 is 2.37 bits per heavy atom. The van der Waals surface area contributed by atoms with E-state index >= 15 is 0 Å². The summed E-state index contributed by atoms with van der Waals surface area (Å²) < 4.78 is 16.3. The molecule has 1 aliphatic heterocycles. The third-order valence-electron chi connectivity index (χ3n) is 2.55. The van der Waals surface area contributed by atoms with Crippen LogP contribution in [0.3, 0.4) is 0 Å². The molecule has 102 valence electrons. The second-order valence-electron chi connectivity index (χ2n) is 3.87. The number of hydrogen-bond donors (Lipinski definition) is 1. The Labute approximate surface area is 118 Å². The van der Waals surface area contributed by atoms with Crippen molar-refractivity contribution < 1.29 is 23.8 Å². The summed E-state index contributed by atoms with van der Waals surface area (Å²) in [6.07, 6.45) is -0.0644. The lowest BCUT2D eigenvalue weighted by Gasteiger charge is -2.15. The molecular formula is C12H12BrNO5. The first-order valence-corrected chi connectivity index (χ1v) is 6.33. The highest BCUT2D eigenvalue weighted by atomic mass is 79.9. The van der Waals surface area contributed by atoms with Gasteiger partial charge in [-0.1, -0.05) is 0 Å². The number of hydrogen-bond acceptors (Lipinski definition) is 5. The van der Waals surface area contributed by atoms with Crippen molar-refractivity contribution in [3.05, 3.63) is 22.2 Å². The molecule has 0 bridgehead atoms. The number of aldehydes is 1. The largest absolute Gasteiger partial charge is 0.493 e. The normalized spacial score (nSPS) is 17.6. The van der Waals surface area contributed by atoms with Crippen molar-refractivity contribution in [2.45, 2.75) is 6.10 Å². The molecule has 19 heavy (non-hydrogen) atoms. The fraction of sp³-hybridized carbons (Fsp3) is 0.333. The van der Waals surface area contributed by atoms with Gasteiger partial charge < -0.3 is 19.5 Å². The van der Waals surface area contributed by atoms with Crippen LogP contribution in [0, 0.1) is 0 Å². The second-order valence-corrected chi connectivity index (χ2v) is 4.73. The van der Waals surface area contributed by atoms with Gasteiger partial charge in [-0.05, 0) is 28.1 Å². The molecule has 1 aromatic rings. The Morgan fingerprint density at radius 3 is 2.95 bits per heavy atom. The highest BCUT2D eigenvalue weighted by Crippen LogP contribution is 2.36. The lowest BCUT2D eigenvalue weighted by atomic mass is 10.2. The number of carbonyl (C=O) groups excluding carboxylic acids is 2. The van der Waals surface area contributed by atoms with Crippen LogP contribution in [0.4, 0.5) is 4.79 Å². The van der Waals surface area contributed by atoms with E-state index in [9.17, 15) is 9.59 Å². The van der Waals surface area contributed by atoms with Gasteiger partial charge in [-0.15, -0.1) is 0 Å². The van der Waals surface area contributed by atoms with Crippen LogP contribution in [0.25, 0.3) is 0 Å². The fourth-order valence-corrected chi connectivity index (χ4v) is 2.22. The van der Waals surface area contributed by atoms with E-state index < -0.39 is 6.09 Å². The molecule has 0 radical (unpaired) electrons. The Morgan fingerprint density at radius 1 is 1.58 bits per heavy atom. The summed E-state index contributed by atoms with van der Waals surface area (Å²) in [5.41, 5.74) is 0.477. The Bertz CT molecular complexity index is 505. The molecule has 7 heteroatoms. The first-order chi connectivity index (χ1) is 9.13. The molecule has 1 unspecified atom stereocenters. The molecule has 1 saturated heterocycles. The van der Waals surface area contributed by atoms with Crippen LogP contribution in [-0.2, 0) is 4.74 Å². The number of carbonyl (C=O) groups is 2. The van der Waals surface area contributed by atoms with Crippen LogP contribution in [-0.4, -0.2) is 38.7 Å². The summed E-state index contributed by atoms with van der Waals surface area (Å²) in [7, 11) is 1.49. The summed E-state index contributed by atoms with van der Waals surface area (Å²) in [6, 6.07) is 3.20. The van der Waals surface area contributed by atoms with E-state index in [1.54, 1.807) is 12.1 Å². The van der Waals surface area contributed by atoms with Gasteiger partial charge in [-0.25, -0.2) is 4.79 Å². The number of ether oxygens (including phenoxy) is 3. The average Bonchev–Trinajstić information content (AvgIpc) is 2.82. The number of methoxy groups -OCH3 is 1. The van der Waals surface area contributed by atoms with Crippen LogP contribution >= 0.6 is 15.9 Å². The summed E-state index contributed by atoms with van der Waals surface area (Å²) >= 11 is 3.31. The number of halogens is 1. The quantitative estimate of drug-likeness (QED) is 0.833. The number of cyclic esters (lactones) is 1. The van der Waals surface area contributed by atoms with Crippen molar-refractivity contribution in [1.82, 2.24) is 5.32 Å². The van der Waals surface area contributed by atoms with Gasteiger partial charge in [0.25, 0.3) is 0 Å². The van der Waals surface area contributed by atoms with Gasteiger partial charge in [0, 0.05) is 5.56 Å². The van der Waals surface area contributed by atoms with Crippen LogP contribution in [0.5, 0.6) is 11.5 Å². The van der Waals surface area contributed by atoms with Crippen molar-refractivity contribution >= 4 is 28.3 Å². The average molecular weight is 330 g/mol. The summed E-state index contributed by atoms with van der Waals surface area (Å²) in [4.78, 5) is 21.6. The lowest BCUT2D eigenvalue weighted by molar-refractivity contribution is 0.103. The summed E-state index contributed by atoms with van der Waals surface area (Å²) in [6.45, 7) is 0.610. The van der Waals surface area contributed by atoms with Crippen molar-refractivity contribution in [2.24, 2.45) is 0 Å². The molecule has 1 N–H and O–H groups in total. The fourth-order valence-electron chi connectivity index (χ4n) is 1.65. The topological polar surface area (TPSA) is 73.9 Å². The number of amides is 1. The maximum Gasteiger partial charge on any atom is 0.407 e. The van der Waals surface area contributed by atoms with E-state index in [1.165, 1.54) is 7.11 Å². The first kappa shape index (κ1) is 13.7. The molecule has 1 aliphatic rings. The highest BCUT2D eigenvalue weighted by Gasteiger charge is 2.24. The summed E-state index contributed by atoms with van der Waals surface area (Å²) in [5, 5.41) is 2.54. The second kappa shape index (κ2) is 5.92. The van der Waals surface area contributed by atoms with Gasteiger partial charge in [-0.3, -0.25) is 4.79 Å². The molecule has 1 fully saturated rings. The Hall–Kier alpha value is -1.76.